The normalized spacial score (nSPS) is 15.6. The molecule has 1 heterocycles. The predicted octanol–water partition coefficient (Wildman–Crippen LogP) is 3.46. The minimum Gasteiger partial charge on any atom is -0.355 e. The quantitative estimate of drug-likeness (QED) is 0.301. The molecule has 1 aromatic carbocycles. The van der Waals surface area contributed by atoms with Crippen molar-refractivity contribution in [1.82, 2.24) is 15.5 Å². The van der Waals surface area contributed by atoms with Gasteiger partial charge in [0.05, 0.1) is 0 Å². The Morgan fingerprint density at radius 2 is 1.83 bits per heavy atom. The second kappa shape index (κ2) is 13.1. The van der Waals surface area contributed by atoms with Crippen molar-refractivity contribution < 1.29 is 4.79 Å². The van der Waals surface area contributed by atoms with E-state index in [-0.39, 0.29) is 29.9 Å². The summed E-state index contributed by atoms with van der Waals surface area (Å²) in [5, 5.41) is 6.87. The van der Waals surface area contributed by atoms with Gasteiger partial charge in [-0.3, -0.25) is 9.79 Å². The van der Waals surface area contributed by atoms with E-state index in [1.807, 2.05) is 17.0 Å². The molecule has 2 rings (SSSR count). The Hall–Kier alpha value is -1.35. The maximum atomic E-state index is 11.9. The van der Waals surface area contributed by atoms with Crippen molar-refractivity contribution in [3.8, 4) is 0 Å². The smallest absolute Gasteiger partial charge is 0.227 e. The van der Waals surface area contributed by atoms with Crippen molar-refractivity contribution in [1.29, 1.82) is 0 Å². The van der Waals surface area contributed by atoms with E-state index in [1.54, 1.807) is 7.05 Å². The first-order chi connectivity index (χ1) is 13.5. The maximum absolute atomic E-state index is 11.9. The number of aliphatic imine (C=N–C) groups is 1. The molecule has 0 aromatic heterocycles. The molecule has 0 saturated carbocycles. The Bertz CT molecular complexity index is 643. The van der Waals surface area contributed by atoms with Gasteiger partial charge in [0.1, 0.15) is 0 Å². The highest BCUT2D eigenvalue weighted by Gasteiger charge is 2.22. The molecule has 0 bridgehead atoms. The fourth-order valence-corrected chi connectivity index (χ4v) is 3.93. The number of rotatable bonds is 9. The van der Waals surface area contributed by atoms with Crippen molar-refractivity contribution in [3.05, 3.63) is 29.8 Å². The van der Waals surface area contributed by atoms with Gasteiger partial charge in [0, 0.05) is 44.8 Å². The maximum Gasteiger partial charge on any atom is 0.227 e. The summed E-state index contributed by atoms with van der Waals surface area (Å²) < 4.78 is 0. The fraction of sp³-hybridized carbons (Fsp3) is 0.636. The summed E-state index contributed by atoms with van der Waals surface area (Å²) in [4.78, 5) is 20.4. The lowest BCUT2D eigenvalue weighted by molar-refractivity contribution is -0.117. The number of carbonyl (C=O) groups excluding carboxylic acids is 1. The number of likely N-dealkylation sites (N-methyl/N-ethyl adjacent to an activating group) is 1. The van der Waals surface area contributed by atoms with Crippen LogP contribution in [0.25, 0.3) is 0 Å². The van der Waals surface area contributed by atoms with Gasteiger partial charge in [-0.05, 0) is 44.1 Å². The zero-order valence-corrected chi connectivity index (χ0v) is 20.9. The van der Waals surface area contributed by atoms with Crippen molar-refractivity contribution in [2.75, 3.05) is 39.1 Å². The molecule has 1 aliphatic rings. The zero-order valence-electron chi connectivity index (χ0n) is 18.6. The molecule has 1 aromatic rings. The Labute approximate surface area is 193 Å². The summed E-state index contributed by atoms with van der Waals surface area (Å²) in [5.41, 5.74) is 2.16. The highest BCUT2D eigenvalue weighted by Crippen LogP contribution is 2.21. The van der Waals surface area contributed by atoms with Gasteiger partial charge in [-0.15, -0.1) is 24.0 Å². The van der Waals surface area contributed by atoms with Crippen LogP contribution in [0.2, 0.25) is 0 Å². The summed E-state index contributed by atoms with van der Waals surface area (Å²) in [7, 11) is 6.10. The predicted molar refractivity (Wildman–Crippen MR) is 133 cm³/mol. The van der Waals surface area contributed by atoms with Crippen molar-refractivity contribution in [2.45, 2.75) is 52.1 Å². The second-order valence-corrected chi connectivity index (χ2v) is 7.73. The molecule has 6 nitrogen and oxygen atoms in total. The van der Waals surface area contributed by atoms with E-state index >= 15 is 0 Å². The number of benzene rings is 1. The van der Waals surface area contributed by atoms with E-state index in [0.29, 0.717) is 24.9 Å². The highest BCUT2D eigenvalue weighted by atomic mass is 127. The van der Waals surface area contributed by atoms with Crippen LogP contribution in [0.5, 0.6) is 0 Å². The first kappa shape index (κ1) is 25.7. The number of nitrogens with zero attached hydrogens (tertiary/aromatic N) is 3. The van der Waals surface area contributed by atoms with Crippen molar-refractivity contribution in [2.24, 2.45) is 10.9 Å². The zero-order chi connectivity index (χ0) is 20.5. The van der Waals surface area contributed by atoms with E-state index in [2.05, 4.69) is 60.6 Å². The number of halogens is 1. The topological polar surface area (TPSA) is 60.0 Å². The van der Waals surface area contributed by atoms with Gasteiger partial charge in [0.25, 0.3) is 0 Å². The SMILES string of the molecule is CCC(CC)C(CNC(=NC)NCc1ccc(N2CCCC2=O)cc1)N(C)C.I. The number of guanidine groups is 1. The monoisotopic (exact) mass is 515 g/mol. The molecule has 1 fully saturated rings. The number of hydrogen-bond acceptors (Lipinski definition) is 3. The first-order valence-corrected chi connectivity index (χ1v) is 10.5. The minimum atomic E-state index is 0. The lowest BCUT2D eigenvalue weighted by Crippen LogP contribution is -2.47. The standard InChI is InChI=1S/C22H37N5O.HI/c1-6-18(7-2)20(26(4)5)16-25-22(23-3)24-15-17-10-12-19(13-11-17)27-14-8-9-21(27)28;/h10-13,18,20H,6-9,14-16H2,1-5H3,(H2,23,24,25);1H. The molecule has 1 unspecified atom stereocenters. The van der Waals surface area contributed by atoms with Gasteiger partial charge in [0.15, 0.2) is 5.96 Å². The van der Waals surface area contributed by atoms with Crippen LogP contribution in [0.1, 0.15) is 45.1 Å². The lowest BCUT2D eigenvalue weighted by atomic mass is 9.93. The van der Waals surface area contributed by atoms with Crippen LogP contribution in [0.15, 0.2) is 29.3 Å². The molecule has 1 atom stereocenters. The molecular weight excluding hydrogens is 477 g/mol. The molecule has 1 aliphatic heterocycles. The third kappa shape index (κ3) is 7.44. The number of hydrogen-bond donors (Lipinski definition) is 2. The molecule has 1 saturated heterocycles. The van der Waals surface area contributed by atoms with Gasteiger partial charge in [0.2, 0.25) is 5.91 Å². The third-order valence-electron chi connectivity index (χ3n) is 5.74. The van der Waals surface area contributed by atoms with E-state index in [0.717, 1.165) is 31.2 Å². The van der Waals surface area contributed by atoms with E-state index in [1.165, 1.54) is 18.4 Å². The third-order valence-corrected chi connectivity index (χ3v) is 5.74. The molecule has 2 N–H and O–H groups in total. The fourth-order valence-electron chi connectivity index (χ4n) is 3.93. The molecular formula is C22H38IN5O. The molecule has 164 valence electrons. The van der Waals surface area contributed by atoms with Gasteiger partial charge in [-0.25, -0.2) is 0 Å². The average Bonchev–Trinajstić information content (AvgIpc) is 3.13. The van der Waals surface area contributed by atoms with Gasteiger partial charge < -0.3 is 20.4 Å². The number of amides is 1. The molecule has 1 amide bonds. The van der Waals surface area contributed by atoms with Crippen LogP contribution in [-0.2, 0) is 11.3 Å². The number of anilines is 1. The summed E-state index contributed by atoms with van der Waals surface area (Å²) in [6.45, 7) is 6.92. The Morgan fingerprint density at radius 1 is 1.17 bits per heavy atom. The average molecular weight is 515 g/mol. The number of carbonyl (C=O) groups is 1. The van der Waals surface area contributed by atoms with Crippen molar-refractivity contribution in [3.63, 3.8) is 0 Å². The molecule has 0 radical (unpaired) electrons. The first-order valence-electron chi connectivity index (χ1n) is 10.5. The van der Waals surface area contributed by atoms with Crippen LogP contribution >= 0.6 is 24.0 Å². The summed E-state index contributed by atoms with van der Waals surface area (Å²) in [5.74, 6) is 1.71. The Kier molecular flexibility index (Phi) is 11.6. The van der Waals surface area contributed by atoms with Crippen LogP contribution in [-0.4, -0.2) is 57.0 Å². The van der Waals surface area contributed by atoms with E-state index in [9.17, 15) is 4.79 Å². The number of nitrogens with one attached hydrogen (secondary N) is 2. The van der Waals surface area contributed by atoms with E-state index in [4.69, 9.17) is 0 Å². The second-order valence-electron chi connectivity index (χ2n) is 7.73. The van der Waals surface area contributed by atoms with Gasteiger partial charge in [-0.1, -0.05) is 38.8 Å². The Balaban J connectivity index is 0.00000420. The van der Waals surface area contributed by atoms with Crippen LogP contribution in [0.3, 0.4) is 0 Å². The van der Waals surface area contributed by atoms with Crippen LogP contribution in [0, 0.1) is 5.92 Å². The largest absolute Gasteiger partial charge is 0.355 e. The summed E-state index contributed by atoms with van der Waals surface area (Å²) >= 11 is 0. The molecule has 0 aliphatic carbocycles. The van der Waals surface area contributed by atoms with Crippen LogP contribution in [0.4, 0.5) is 5.69 Å². The van der Waals surface area contributed by atoms with Gasteiger partial charge in [-0.2, -0.15) is 0 Å². The van der Waals surface area contributed by atoms with Crippen molar-refractivity contribution >= 4 is 41.5 Å². The summed E-state index contributed by atoms with van der Waals surface area (Å²) in [6.07, 6.45) is 3.98. The molecule has 7 heteroatoms. The molecule has 0 spiro atoms. The minimum absolute atomic E-state index is 0. The van der Waals surface area contributed by atoms with E-state index < -0.39 is 0 Å². The lowest BCUT2D eigenvalue weighted by Gasteiger charge is -2.32. The Morgan fingerprint density at radius 3 is 2.31 bits per heavy atom. The molecule has 29 heavy (non-hydrogen) atoms. The highest BCUT2D eigenvalue weighted by molar-refractivity contribution is 14.0. The van der Waals surface area contributed by atoms with Gasteiger partial charge >= 0.3 is 0 Å². The summed E-state index contributed by atoms with van der Waals surface area (Å²) in [6, 6.07) is 8.70. The van der Waals surface area contributed by atoms with Crippen LogP contribution < -0.4 is 15.5 Å².